The lowest BCUT2D eigenvalue weighted by Crippen LogP contribution is -2.47. The number of rotatable bonds is 6. The third-order valence-corrected chi connectivity index (χ3v) is 5.34. The first-order chi connectivity index (χ1) is 13.5. The number of imide groups is 1. The summed E-state index contributed by atoms with van der Waals surface area (Å²) < 4.78 is 15.6. The molecular formula is C20H26N2O6. The van der Waals surface area contributed by atoms with E-state index >= 15 is 0 Å². The molecule has 2 fully saturated rings. The van der Waals surface area contributed by atoms with Gasteiger partial charge in [0.05, 0.1) is 44.9 Å². The van der Waals surface area contributed by atoms with Gasteiger partial charge in [-0.3, -0.25) is 19.3 Å². The topological polar surface area (TPSA) is 85.4 Å². The number of likely N-dealkylation sites (tertiary alicyclic amines) is 1. The molecule has 2 aliphatic rings. The molecule has 0 bridgehead atoms. The van der Waals surface area contributed by atoms with Gasteiger partial charge in [0.15, 0.2) is 0 Å². The normalized spacial score (nSPS) is 21.1. The summed E-state index contributed by atoms with van der Waals surface area (Å²) in [6, 6.07) is 4.49. The molecule has 2 aliphatic heterocycles. The molecular weight excluding hydrogens is 364 g/mol. The van der Waals surface area contributed by atoms with Crippen LogP contribution in [0.3, 0.4) is 0 Å². The summed E-state index contributed by atoms with van der Waals surface area (Å²) in [6.07, 6.45) is 1.36. The minimum atomic E-state index is -0.522. The Balaban J connectivity index is 1.74. The number of esters is 1. The van der Waals surface area contributed by atoms with E-state index in [4.69, 9.17) is 14.2 Å². The number of methoxy groups -OCH3 is 2. The standard InChI is InChI=1S/C20H26N2O6/c1-4-28-20(25)13-7-9-21(10-8-13)16-12-18(23)22(19(16)24)15-11-14(26-2)5-6-17(15)27-3/h5-6,11,13,16H,4,7-10,12H2,1-3H3. The van der Waals surface area contributed by atoms with Gasteiger partial charge in [-0.15, -0.1) is 0 Å². The molecule has 0 N–H and O–H groups in total. The molecule has 28 heavy (non-hydrogen) atoms. The van der Waals surface area contributed by atoms with Gasteiger partial charge in [0, 0.05) is 6.07 Å². The van der Waals surface area contributed by atoms with Crippen LogP contribution in [0.1, 0.15) is 26.2 Å². The van der Waals surface area contributed by atoms with E-state index in [1.54, 1.807) is 25.1 Å². The van der Waals surface area contributed by atoms with Crippen molar-refractivity contribution in [3.8, 4) is 11.5 Å². The first-order valence-electron chi connectivity index (χ1n) is 9.49. The van der Waals surface area contributed by atoms with Crippen LogP contribution in [-0.4, -0.2) is 62.6 Å². The van der Waals surface area contributed by atoms with Crippen LogP contribution in [0.25, 0.3) is 0 Å². The molecule has 2 amide bonds. The molecule has 0 radical (unpaired) electrons. The van der Waals surface area contributed by atoms with Gasteiger partial charge in [-0.2, -0.15) is 0 Å². The maximum Gasteiger partial charge on any atom is 0.309 e. The molecule has 0 spiro atoms. The lowest BCUT2D eigenvalue weighted by molar-refractivity contribution is -0.149. The van der Waals surface area contributed by atoms with E-state index in [0.717, 1.165) is 0 Å². The van der Waals surface area contributed by atoms with Crippen molar-refractivity contribution in [2.45, 2.75) is 32.2 Å². The Morgan fingerprint density at radius 2 is 1.86 bits per heavy atom. The van der Waals surface area contributed by atoms with Gasteiger partial charge in [-0.1, -0.05) is 0 Å². The van der Waals surface area contributed by atoms with Crippen molar-refractivity contribution in [2.24, 2.45) is 5.92 Å². The van der Waals surface area contributed by atoms with Crippen LogP contribution in [0.5, 0.6) is 11.5 Å². The van der Waals surface area contributed by atoms with Gasteiger partial charge in [0.1, 0.15) is 11.5 Å². The predicted molar refractivity (Wildman–Crippen MR) is 101 cm³/mol. The highest BCUT2D eigenvalue weighted by atomic mass is 16.5. The van der Waals surface area contributed by atoms with Gasteiger partial charge in [-0.05, 0) is 45.0 Å². The second-order valence-corrected chi connectivity index (χ2v) is 6.89. The molecule has 8 nitrogen and oxygen atoms in total. The highest BCUT2D eigenvalue weighted by molar-refractivity contribution is 6.23. The molecule has 1 atom stereocenters. The van der Waals surface area contributed by atoms with Crippen molar-refractivity contribution in [3.63, 3.8) is 0 Å². The summed E-state index contributed by atoms with van der Waals surface area (Å²) in [5.41, 5.74) is 0.390. The number of hydrogen-bond acceptors (Lipinski definition) is 7. The Hall–Kier alpha value is -2.61. The van der Waals surface area contributed by atoms with E-state index in [1.165, 1.54) is 19.1 Å². The van der Waals surface area contributed by atoms with Gasteiger partial charge < -0.3 is 14.2 Å². The number of nitrogens with zero attached hydrogens (tertiary/aromatic N) is 2. The molecule has 2 saturated heterocycles. The van der Waals surface area contributed by atoms with Crippen LogP contribution in [-0.2, 0) is 19.1 Å². The lowest BCUT2D eigenvalue weighted by Gasteiger charge is -2.33. The molecule has 1 aromatic carbocycles. The summed E-state index contributed by atoms with van der Waals surface area (Å²) in [7, 11) is 3.02. The molecule has 1 aromatic rings. The zero-order valence-corrected chi connectivity index (χ0v) is 16.5. The second kappa shape index (κ2) is 8.60. The number of amides is 2. The Kier molecular flexibility index (Phi) is 6.18. The largest absolute Gasteiger partial charge is 0.497 e. The lowest BCUT2D eigenvalue weighted by atomic mass is 9.95. The fraction of sp³-hybridized carbons (Fsp3) is 0.550. The third kappa shape index (κ3) is 3.82. The molecule has 0 saturated carbocycles. The van der Waals surface area contributed by atoms with Crippen molar-refractivity contribution < 1.29 is 28.6 Å². The number of benzene rings is 1. The maximum absolute atomic E-state index is 13.1. The van der Waals surface area contributed by atoms with Crippen molar-refractivity contribution in [1.82, 2.24) is 4.90 Å². The zero-order valence-electron chi connectivity index (χ0n) is 16.5. The average molecular weight is 390 g/mol. The first-order valence-corrected chi connectivity index (χ1v) is 9.49. The maximum atomic E-state index is 13.1. The van der Waals surface area contributed by atoms with E-state index in [9.17, 15) is 14.4 Å². The summed E-state index contributed by atoms with van der Waals surface area (Å²) in [5.74, 6) is 0.108. The molecule has 1 unspecified atom stereocenters. The zero-order chi connectivity index (χ0) is 20.3. The Morgan fingerprint density at radius 3 is 2.46 bits per heavy atom. The van der Waals surface area contributed by atoms with Crippen molar-refractivity contribution in [3.05, 3.63) is 18.2 Å². The minimum absolute atomic E-state index is 0.114. The average Bonchev–Trinajstić information content (AvgIpc) is 3.01. The summed E-state index contributed by atoms with van der Waals surface area (Å²) in [6.45, 7) is 3.32. The predicted octanol–water partition coefficient (Wildman–Crippen LogP) is 1.61. The smallest absolute Gasteiger partial charge is 0.309 e. The number of piperidine rings is 1. The molecule has 152 valence electrons. The van der Waals surface area contributed by atoms with Gasteiger partial charge in [0.2, 0.25) is 5.91 Å². The third-order valence-electron chi connectivity index (χ3n) is 5.34. The molecule has 0 aliphatic carbocycles. The molecule has 2 heterocycles. The quantitative estimate of drug-likeness (QED) is 0.539. The van der Waals surface area contributed by atoms with Crippen molar-refractivity contribution >= 4 is 23.5 Å². The fourth-order valence-corrected chi connectivity index (χ4v) is 3.83. The first kappa shape index (κ1) is 20.1. The SMILES string of the molecule is CCOC(=O)C1CCN(C2CC(=O)N(c3cc(OC)ccc3OC)C2=O)CC1. The Morgan fingerprint density at radius 1 is 1.14 bits per heavy atom. The van der Waals surface area contributed by atoms with E-state index in [1.807, 2.05) is 4.90 Å². The van der Waals surface area contributed by atoms with Gasteiger partial charge in [0.25, 0.3) is 5.91 Å². The van der Waals surface area contributed by atoms with Crippen molar-refractivity contribution in [1.29, 1.82) is 0 Å². The Bertz CT molecular complexity index is 757. The molecule has 3 rings (SSSR count). The van der Waals surface area contributed by atoms with Crippen LogP contribution >= 0.6 is 0 Å². The van der Waals surface area contributed by atoms with Crippen molar-refractivity contribution in [2.75, 3.05) is 38.8 Å². The van der Waals surface area contributed by atoms with E-state index in [-0.39, 0.29) is 30.1 Å². The second-order valence-electron chi connectivity index (χ2n) is 6.89. The van der Waals surface area contributed by atoms with Crippen LogP contribution in [0.4, 0.5) is 5.69 Å². The highest BCUT2D eigenvalue weighted by Crippen LogP contribution is 2.36. The highest BCUT2D eigenvalue weighted by Gasteiger charge is 2.45. The fourth-order valence-electron chi connectivity index (χ4n) is 3.83. The van der Waals surface area contributed by atoms with Gasteiger partial charge in [-0.25, -0.2) is 4.90 Å². The number of hydrogen-bond donors (Lipinski definition) is 0. The van der Waals surface area contributed by atoms with Crippen LogP contribution < -0.4 is 14.4 Å². The van der Waals surface area contributed by atoms with E-state index < -0.39 is 6.04 Å². The number of anilines is 1. The van der Waals surface area contributed by atoms with Crippen LogP contribution in [0.2, 0.25) is 0 Å². The minimum Gasteiger partial charge on any atom is -0.497 e. The van der Waals surface area contributed by atoms with Gasteiger partial charge >= 0.3 is 5.97 Å². The van der Waals surface area contributed by atoms with E-state index in [0.29, 0.717) is 49.7 Å². The number of ether oxygens (including phenoxy) is 3. The van der Waals surface area contributed by atoms with Crippen LogP contribution in [0, 0.1) is 5.92 Å². The van der Waals surface area contributed by atoms with Crippen LogP contribution in [0.15, 0.2) is 18.2 Å². The number of carbonyl (C=O) groups is 3. The molecule has 8 heteroatoms. The monoisotopic (exact) mass is 390 g/mol. The Labute approximate surface area is 164 Å². The summed E-state index contributed by atoms with van der Waals surface area (Å²) in [5, 5.41) is 0. The summed E-state index contributed by atoms with van der Waals surface area (Å²) in [4.78, 5) is 40.8. The number of carbonyl (C=O) groups excluding carboxylic acids is 3. The summed E-state index contributed by atoms with van der Waals surface area (Å²) >= 11 is 0. The van der Waals surface area contributed by atoms with E-state index in [2.05, 4.69) is 0 Å². The molecule has 0 aromatic heterocycles.